The fourth-order valence-electron chi connectivity index (χ4n) is 6.06. The van der Waals surface area contributed by atoms with E-state index < -0.39 is 49.9 Å². The molecule has 9 nitrogen and oxygen atoms in total. The van der Waals surface area contributed by atoms with Crippen molar-refractivity contribution < 1.29 is 33.1 Å². The van der Waals surface area contributed by atoms with Crippen molar-refractivity contribution in [1.82, 2.24) is 9.80 Å². The van der Waals surface area contributed by atoms with Crippen molar-refractivity contribution in [2.45, 2.75) is 95.3 Å². The van der Waals surface area contributed by atoms with Crippen molar-refractivity contribution in [3.63, 3.8) is 0 Å². The lowest BCUT2D eigenvalue weighted by molar-refractivity contribution is -0.178. The van der Waals surface area contributed by atoms with E-state index in [0.29, 0.717) is 25.9 Å². The molecule has 6 atom stereocenters. The summed E-state index contributed by atoms with van der Waals surface area (Å²) in [6, 6.07) is -0.734. The third-order valence-corrected chi connectivity index (χ3v) is 15.5. The zero-order valence-electron chi connectivity index (χ0n) is 26.6. The van der Waals surface area contributed by atoms with Crippen LogP contribution in [0.4, 0.5) is 4.79 Å². The van der Waals surface area contributed by atoms with Crippen LogP contribution >= 0.6 is 11.8 Å². The molecule has 1 aliphatic carbocycles. The number of likely N-dealkylation sites (tertiary alicyclic amines) is 2. The maximum Gasteiger partial charge on any atom is 0.410 e. The number of rotatable bonds is 11. The molecule has 0 aromatic rings. The highest BCUT2D eigenvalue weighted by molar-refractivity contribution is 8.00. The number of carbonyl (C=O) groups excluding carboxylic acids is 5. The van der Waals surface area contributed by atoms with E-state index in [1.54, 1.807) is 22.7 Å². The number of piperidine rings is 1. The smallest absolute Gasteiger partial charge is 0.410 e. The Hall–Kier alpha value is -2.46. The number of ketones is 2. The van der Waals surface area contributed by atoms with Gasteiger partial charge < -0.3 is 14.1 Å². The Balaban J connectivity index is 1.77. The summed E-state index contributed by atoms with van der Waals surface area (Å²) in [5.74, 6) is -2.59. The second kappa shape index (κ2) is 14.5. The second-order valence-electron chi connectivity index (χ2n) is 13.4. The molecule has 3 rings (SSSR count). The van der Waals surface area contributed by atoms with E-state index in [-0.39, 0.29) is 34.7 Å². The van der Waals surface area contributed by atoms with Gasteiger partial charge in [-0.15, -0.1) is 5.73 Å². The summed E-state index contributed by atoms with van der Waals surface area (Å²) in [5, 5.41) is -0.376. The molecule has 238 valence electrons. The molecule has 0 unspecified atom stereocenters. The Kier molecular flexibility index (Phi) is 11.8. The monoisotopic (exact) mass is 632 g/mol. The van der Waals surface area contributed by atoms with E-state index in [1.165, 1.54) is 0 Å². The standard InChI is InChI=1S/C32H48N2O7SSi/c1-9-13-24(35)29(37)34-27(26(30(34)38)21(3)41-43(7,8)32(4,5)6)23-15-11-16-25(28(23)36)42-20-22-14-12-17-33(19-22)31(39)40-18-10-2/h10,13,21-23,25-27H,1-2,11-12,14-20H2,3-8H3/t21-,22+,23-,25+,26-,27-/m1/s1. The molecule has 0 aromatic carbocycles. The van der Waals surface area contributed by atoms with Gasteiger partial charge in [0.15, 0.2) is 14.1 Å². The molecular weight excluding hydrogens is 585 g/mol. The molecule has 1 saturated carbocycles. The Bertz CT molecular complexity index is 1160. The first-order valence-corrected chi connectivity index (χ1v) is 19.2. The van der Waals surface area contributed by atoms with Gasteiger partial charge in [0.05, 0.1) is 23.3 Å². The molecule has 3 aliphatic rings. The molecule has 0 spiro atoms. The lowest BCUT2D eigenvalue weighted by Crippen LogP contribution is -2.71. The van der Waals surface area contributed by atoms with Crippen molar-refractivity contribution in [2.24, 2.45) is 17.8 Å². The molecule has 43 heavy (non-hydrogen) atoms. The average Bonchev–Trinajstić information content (AvgIpc) is 2.93. The minimum absolute atomic E-state index is 0.0147. The summed E-state index contributed by atoms with van der Waals surface area (Å²) in [6.45, 7) is 20.8. The maximum absolute atomic E-state index is 14.0. The van der Waals surface area contributed by atoms with E-state index in [2.05, 4.69) is 52.8 Å². The molecule has 11 heteroatoms. The molecular formula is C32H48N2O7SSi. The molecule has 0 N–H and O–H groups in total. The van der Waals surface area contributed by atoms with Crippen molar-refractivity contribution in [3.8, 4) is 0 Å². The Morgan fingerprint density at radius 1 is 1.16 bits per heavy atom. The van der Waals surface area contributed by atoms with Gasteiger partial charge in [-0.3, -0.25) is 24.1 Å². The molecule has 0 aromatic heterocycles. The number of amides is 3. The quantitative estimate of drug-likeness (QED) is 0.0767. The highest BCUT2D eigenvalue weighted by Gasteiger charge is 2.60. The van der Waals surface area contributed by atoms with Crippen LogP contribution in [0.1, 0.15) is 59.8 Å². The Morgan fingerprint density at radius 2 is 1.86 bits per heavy atom. The molecule has 2 heterocycles. The third-order valence-electron chi connectivity index (χ3n) is 9.36. The highest BCUT2D eigenvalue weighted by Crippen LogP contribution is 2.45. The van der Waals surface area contributed by atoms with Crippen molar-refractivity contribution in [2.75, 3.05) is 25.4 Å². The van der Waals surface area contributed by atoms with Crippen LogP contribution in [0.5, 0.6) is 0 Å². The SMILES string of the molecule is C=C=CC(=O)C(=O)N1C(=O)[C@H]([C@@H](C)O[Si](C)(C)C(C)(C)C)[C@H]1[C@H]1CCC[C@H](SC[C@H]2CCCN(C(=O)OCC=C)C2)C1=O. The van der Waals surface area contributed by atoms with Crippen LogP contribution in [0.2, 0.25) is 18.1 Å². The summed E-state index contributed by atoms with van der Waals surface area (Å²) in [4.78, 5) is 68.1. The van der Waals surface area contributed by atoms with Crippen LogP contribution in [0.3, 0.4) is 0 Å². The van der Waals surface area contributed by atoms with Gasteiger partial charge in [-0.25, -0.2) is 4.79 Å². The molecule has 2 saturated heterocycles. The largest absolute Gasteiger partial charge is 0.445 e. The summed E-state index contributed by atoms with van der Waals surface area (Å²) < 4.78 is 11.8. The van der Waals surface area contributed by atoms with Crippen LogP contribution in [-0.2, 0) is 28.3 Å². The van der Waals surface area contributed by atoms with Gasteiger partial charge in [0.1, 0.15) is 6.61 Å². The van der Waals surface area contributed by atoms with Crippen LogP contribution in [0.15, 0.2) is 31.0 Å². The Morgan fingerprint density at radius 3 is 2.49 bits per heavy atom. The lowest BCUT2D eigenvalue weighted by Gasteiger charge is -2.53. The fourth-order valence-corrected chi connectivity index (χ4v) is 8.93. The number of hydrogen-bond donors (Lipinski definition) is 0. The number of nitrogens with zero attached hydrogens (tertiary/aromatic N) is 2. The predicted octanol–water partition coefficient (Wildman–Crippen LogP) is 5.17. The van der Waals surface area contributed by atoms with Crippen molar-refractivity contribution >= 4 is 49.6 Å². The zero-order valence-corrected chi connectivity index (χ0v) is 28.4. The van der Waals surface area contributed by atoms with Gasteiger partial charge in [0.25, 0.3) is 5.78 Å². The zero-order chi connectivity index (χ0) is 32.1. The molecule has 0 radical (unpaired) electrons. The highest BCUT2D eigenvalue weighted by atomic mass is 32.2. The van der Waals surface area contributed by atoms with Crippen LogP contribution in [-0.4, -0.2) is 90.4 Å². The van der Waals surface area contributed by atoms with Crippen LogP contribution < -0.4 is 0 Å². The maximum atomic E-state index is 14.0. The first-order chi connectivity index (χ1) is 20.1. The van der Waals surface area contributed by atoms with Crippen molar-refractivity contribution in [1.29, 1.82) is 0 Å². The Labute approximate surface area is 261 Å². The summed E-state index contributed by atoms with van der Waals surface area (Å²) in [6.07, 6.45) is 5.48. The molecule has 2 aliphatic heterocycles. The number of ether oxygens (including phenoxy) is 1. The summed E-state index contributed by atoms with van der Waals surface area (Å²) in [7, 11) is -2.27. The van der Waals surface area contributed by atoms with E-state index >= 15 is 0 Å². The number of carbonyl (C=O) groups is 5. The molecule has 3 fully saturated rings. The number of β-lactam (4-membered cyclic amide) rings is 1. The van der Waals surface area contributed by atoms with Gasteiger partial charge >= 0.3 is 12.0 Å². The van der Waals surface area contributed by atoms with E-state index in [4.69, 9.17) is 9.16 Å². The van der Waals surface area contributed by atoms with E-state index in [1.807, 2.05) is 6.92 Å². The first-order valence-electron chi connectivity index (χ1n) is 15.3. The van der Waals surface area contributed by atoms with Crippen molar-refractivity contribution in [3.05, 3.63) is 31.0 Å². The normalized spacial score (nSPS) is 27.1. The number of imide groups is 1. The number of thioether (sulfide) groups is 1. The first kappa shape index (κ1) is 35.0. The minimum Gasteiger partial charge on any atom is -0.445 e. The fraction of sp³-hybridized carbons (Fsp3) is 0.688. The second-order valence-corrected chi connectivity index (χ2v) is 19.4. The number of Topliss-reactive ketones (excluding diaryl/α,β-unsaturated/α-hetero) is 1. The topological polar surface area (TPSA) is 110 Å². The number of hydrogen-bond acceptors (Lipinski definition) is 8. The molecule has 3 amide bonds. The average molecular weight is 633 g/mol. The molecule has 0 bridgehead atoms. The minimum atomic E-state index is -2.27. The van der Waals surface area contributed by atoms with Gasteiger partial charge in [0.2, 0.25) is 5.91 Å². The third kappa shape index (κ3) is 7.98. The van der Waals surface area contributed by atoms with Gasteiger partial charge in [-0.1, -0.05) is 46.4 Å². The van der Waals surface area contributed by atoms with Crippen LogP contribution in [0.25, 0.3) is 0 Å². The summed E-state index contributed by atoms with van der Waals surface area (Å²) in [5.41, 5.74) is 2.32. The van der Waals surface area contributed by atoms with Gasteiger partial charge in [-0.2, -0.15) is 11.8 Å². The van der Waals surface area contributed by atoms with Gasteiger partial charge in [-0.05, 0) is 62.4 Å². The summed E-state index contributed by atoms with van der Waals surface area (Å²) >= 11 is 1.60. The van der Waals surface area contributed by atoms with Gasteiger partial charge in [0, 0.05) is 25.1 Å². The lowest BCUT2D eigenvalue weighted by atomic mass is 9.70. The van der Waals surface area contributed by atoms with E-state index in [0.717, 1.165) is 36.0 Å². The van der Waals surface area contributed by atoms with Crippen LogP contribution in [0, 0.1) is 17.8 Å². The van der Waals surface area contributed by atoms with E-state index in [9.17, 15) is 24.0 Å². The predicted molar refractivity (Wildman–Crippen MR) is 170 cm³/mol.